The molecule has 4 aliphatic carbocycles. The molecule has 7 rings (SSSR count). The molecule has 0 radical (unpaired) electrons. The highest BCUT2D eigenvalue weighted by atomic mass is 16.8. The maximum atomic E-state index is 11.7. The van der Waals surface area contributed by atoms with Crippen LogP contribution < -0.4 is 0 Å². The van der Waals surface area contributed by atoms with E-state index in [1.165, 1.54) is 5.57 Å². The fraction of sp³-hybridized carbons (Fsp3) is 0.959. The monoisotopic (exact) mass is 945 g/mol. The van der Waals surface area contributed by atoms with Gasteiger partial charge in [0.25, 0.3) is 0 Å². The van der Waals surface area contributed by atoms with Crippen LogP contribution in [0.15, 0.2) is 11.6 Å². The molecule has 6 fully saturated rings. The molecule has 66 heavy (non-hydrogen) atoms. The van der Waals surface area contributed by atoms with Crippen LogP contribution in [0.2, 0.25) is 0 Å². The predicted octanol–water partition coefficient (Wildman–Crippen LogP) is 1.25. The summed E-state index contributed by atoms with van der Waals surface area (Å²) < 4.78 is 36.0. The summed E-state index contributed by atoms with van der Waals surface area (Å²) in [5, 5.41) is 119. The third-order valence-electron chi connectivity index (χ3n) is 19.0. The lowest BCUT2D eigenvalue weighted by Gasteiger charge is -2.66. The largest absolute Gasteiger partial charge is 0.394 e. The van der Waals surface area contributed by atoms with Crippen LogP contribution in [-0.2, 0) is 28.4 Å². The summed E-state index contributed by atoms with van der Waals surface area (Å²) in [6.45, 7) is 17.3. The van der Waals surface area contributed by atoms with Crippen LogP contribution in [0.1, 0.15) is 120 Å². The van der Waals surface area contributed by atoms with Crippen molar-refractivity contribution in [3.63, 3.8) is 0 Å². The Hall–Kier alpha value is -0.940. The number of fused-ring (bicyclic) bond motifs is 5. The Balaban J connectivity index is 1.09. The van der Waals surface area contributed by atoms with Gasteiger partial charge < -0.3 is 84.6 Å². The lowest BCUT2D eigenvalue weighted by Crippen LogP contribution is -2.65. The van der Waals surface area contributed by atoms with Gasteiger partial charge in [-0.25, -0.2) is 0 Å². The summed E-state index contributed by atoms with van der Waals surface area (Å²) >= 11 is 0. The van der Waals surface area contributed by atoms with E-state index in [1.807, 2.05) is 0 Å². The SMILES string of the molecule is CC(CCC(O[C@@H]1O[C@H](CO[C@@H]2O[C@H](CO)[C@@H](O)[C@H](O)[C@H]2O)[C@@H](O)[C@H](O)[C@H]1O[C@@H]1O[C@H](CO)[C@@H](C)[C@H](O)[C@H]1O)C(C)(C)O)C1CCC2(C)C3CC=C4C(CC[C@H](O)C4(C)C)C3(C)CCC12C. The second-order valence-electron chi connectivity index (χ2n) is 23.4. The Morgan fingerprint density at radius 2 is 1.32 bits per heavy atom. The highest BCUT2D eigenvalue weighted by Gasteiger charge is 2.67. The first-order valence-corrected chi connectivity index (χ1v) is 24.7. The van der Waals surface area contributed by atoms with Crippen molar-refractivity contribution in [1.29, 1.82) is 0 Å². The zero-order chi connectivity index (χ0) is 48.6. The number of rotatable bonds is 14. The molecule has 0 bridgehead atoms. The summed E-state index contributed by atoms with van der Waals surface area (Å²) in [6.07, 6.45) is -12.0. The molecule has 3 heterocycles. The summed E-state index contributed by atoms with van der Waals surface area (Å²) in [7, 11) is 0. The standard InChI is InChI=1S/C49H84O17/c1-23(25-16-17-49(9)31-13-11-26-27(12-14-32(52)45(26,3)4)47(31,7)18-19-48(25,49)8)10-15-33(46(5,6)60)65-44-41(66-43-39(58)34(53)24(2)28(20-50)62-43)38(57)36(55)30(64-44)22-61-42-40(59)37(56)35(54)29(21-51)63-42/h11,23-25,27-44,50-60H,10,12-22H2,1-9H3/t23?,24-,25?,27?,28-,29-,30-,31?,32+,33?,34+,35-,36-,37+,38+,39-,40-,41-,42-,43+,44+,47?,48?,49?/m1/s1. The Bertz CT molecular complexity index is 1670. The summed E-state index contributed by atoms with van der Waals surface area (Å²) in [6, 6.07) is 0. The number of hydrogen-bond donors (Lipinski definition) is 11. The molecule has 0 aromatic heterocycles. The number of hydrogen-bond acceptors (Lipinski definition) is 17. The van der Waals surface area contributed by atoms with Crippen molar-refractivity contribution in [3.05, 3.63) is 11.6 Å². The highest BCUT2D eigenvalue weighted by molar-refractivity contribution is 5.30. The van der Waals surface area contributed by atoms with Crippen molar-refractivity contribution in [2.24, 2.45) is 51.2 Å². The van der Waals surface area contributed by atoms with Gasteiger partial charge in [0.1, 0.15) is 54.9 Å². The molecule has 3 aliphatic heterocycles. The molecule has 8 unspecified atom stereocenters. The van der Waals surface area contributed by atoms with Gasteiger partial charge in [-0.15, -0.1) is 0 Å². The minimum Gasteiger partial charge on any atom is -0.394 e. The second kappa shape index (κ2) is 19.6. The van der Waals surface area contributed by atoms with E-state index in [0.717, 1.165) is 44.9 Å². The first kappa shape index (κ1) is 52.9. The van der Waals surface area contributed by atoms with Crippen molar-refractivity contribution in [3.8, 4) is 0 Å². The third-order valence-corrected chi connectivity index (χ3v) is 19.0. The molecule has 24 atom stereocenters. The lowest BCUT2D eigenvalue weighted by atomic mass is 9.39. The number of aliphatic hydroxyl groups is 11. The quantitative estimate of drug-likeness (QED) is 0.109. The normalized spacial score (nSPS) is 50.4. The van der Waals surface area contributed by atoms with Gasteiger partial charge in [0.2, 0.25) is 0 Å². The lowest BCUT2D eigenvalue weighted by molar-refractivity contribution is -0.378. The van der Waals surface area contributed by atoms with Crippen LogP contribution in [0, 0.1) is 51.2 Å². The molecule has 17 heteroatoms. The zero-order valence-corrected chi connectivity index (χ0v) is 40.6. The van der Waals surface area contributed by atoms with Gasteiger partial charge in [0, 0.05) is 11.3 Å². The van der Waals surface area contributed by atoms with Crippen molar-refractivity contribution >= 4 is 0 Å². The van der Waals surface area contributed by atoms with Gasteiger partial charge in [-0.1, -0.05) is 60.1 Å². The maximum absolute atomic E-state index is 11.7. The van der Waals surface area contributed by atoms with E-state index in [-0.39, 0.29) is 33.7 Å². The van der Waals surface area contributed by atoms with E-state index in [4.69, 9.17) is 28.4 Å². The highest BCUT2D eigenvalue weighted by Crippen LogP contribution is 2.75. The molecule has 0 amide bonds. The van der Waals surface area contributed by atoms with E-state index in [1.54, 1.807) is 20.8 Å². The molecular weight excluding hydrogens is 861 g/mol. The molecular formula is C49H84O17. The van der Waals surface area contributed by atoms with Gasteiger partial charge in [-0.3, -0.25) is 0 Å². The van der Waals surface area contributed by atoms with E-state index in [2.05, 4.69) is 47.6 Å². The fourth-order valence-corrected chi connectivity index (χ4v) is 14.2. The van der Waals surface area contributed by atoms with Crippen LogP contribution in [0.5, 0.6) is 0 Å². The third kappa shape index (κ3) is 9.13. The van der Waals surface area contributed by atoms with Gasteiger partial charge >= 0.3 is 0 Å². The molecule has 7 aliphatic rings. The van der Waals surface area contributed by atoms with Crippen molar-refractivity contribution < 1.29 is 84.6 Å². The number of aliphatic hydroxyl groups excluding tert-OH is 10. The molecule has 0 spiro atoms. The van der Waals surface area contributed by atoms with Gasteiger partial charge in [-0.05, 0) is 112 Å². The fourth-order valence-electron chi connectivity index (χ4n) is 14.2. The van der Waals surface area contributed by atoms with Crippen molar-refractivity contribution in [1.82, 2.24) is 0 Å². The zero-order valence-electron chi connectivity index (χ0n) is 40.6. The number of allylic oxidation sites excluding steroid dienone is 1. The van der Waals surface area contributed by atoms with Crippen LogP contribution >= 0.6 is 0 Å². The Morgan fingerprint density at radius 3 is 1.97 bits per heavy atom. The second-order valence-corrected chi connectivity index (χ2v) is 23.4. The summed E-state index contributed by atoms with van der Waals surface area (Å²) in [4.78, 5) is 0. The Kier molecular flexibility index (Phi) is 15.7. The minimum absolute atomic E-state index is 0.0614. The van der Waals surface area contributed by atoms with E-state index in [0.29, 0.717) is 30.6 Å². The predicted molar refractivity (Wildman–Crippen MR) is 237 cm³/mol. The van der Waals surface area contributed by atoms with E-state index in [9.17, 15) is 56.2 Å². The minimum atomic E-state index is -1.81. The van der Waals surface area contributed by atoms with Crippen LogP contribution in [0.25, 0.3) is 0 Å². The smallest absolute Gasteiger partial charge is 0.187 e. The molecule has 3 saturated heterocycles. The van der Waals surface area contributed by atoms with Crippen molar-refractivity contribution in [2.75, 3.05) is 19.8 Å². The van der Waals surface area contributed by atoms with Gasteiger partial charge in [0.15, 0.2) is 18.9 Å². The molecule has 0 aromatic carbocycles. The maximum Gasteiger partial charge on any atom is 0.187 e. The Labute approximate surface area is 390 Å². The van der Waals surface area contributed by atoms with Crippen LogP contribution in [0.3, 0.4) is 0 Å². The summed E-state index contributed by atoms with van der Waals surface area (Å²) in [5.74, 6) is 0.917. The van der Waals surface area contributed by atoms with E-state index >= 15 is 0 Å². The number of ether oxygens (including phenoxy) is 6. The first-order valence-electron chi connectivity index (χ1n) is 24.7. The molecule has 17 nitrogen and oxygen atoms in total. The molecule has 11 N–H and O–H groups in total. The molecule has 382 valence electrons. The topological polar surface area (TPSA) is 278 Å². The Morgan fingerprint density at radius 1 is 0.697 bits per heavy atom. The van der Waals surface area contributed by atoms with Gasteiger partial charge in [-0.2, -0.15) is 0 Å². The van der Waals surface area contributed by atoms with E-state index < -0.39 is 123 Å². The van der Waals surface area contributed by atoms with Crippen LogP contribution in [0.4, 0.5) is 0 Å². The summed E-state index contributed by atoms with van der Waals surface area (Å²) in [5.41, 5.74) is 0.0569. The average Bonchev–Trinajstić information content (AvgIpc) is 3.54. The van der Waals surface area contributed by atoms with Crippen LogP contribution in [-0.4, -0.2) is 180 Å². The first-order chi connectivity index (χ1) is 30.8. The molecule has 0 aromatic rings. The average molecular weight is 945 g/mol. The molecule has 3 saturated carbocycles. The van der Waals surface area contributed by atoms with Gasteiger partial charge in [0.05, 0.1) is 49.8 Å². The van der Waals surface area contributed by atoms with Crippen molar-refractivity contribution in [2.45, 2.75) is 224 Å².